The summed E-state index contributed by atoms with van der Waals surface area (Å²) >= 11 is 0. The zero-order chi connectivity index (χ0) is 6.95. The number of hydrogen-bond acceptors (Lipinski definition) is 0. The van der Waals surface area contributed by atoms with Gasteiger partial charge in [-0.2, -0.15) is 6.42 Å². The SMILES string of the molecule is [CH2-]C/C=C/CCCCC.[W]. The molecule has 0 bridgehead atoms. The van der Waals surface area contributed by atoms with E-state index in [9.17, 15) is 0 Å². The zero-order valence-electron chi connectivity index (χ0n) is 6.81. The minimum Gasteiger partial charge on any atom is -0.340 e. The molecule has 0 aliphatic carbocycles. The third kappa shape index (κ3) is 11.3. The van der Waals surface area contributed by atoms with Gasteiger partial charge in [0, 0.05) is 21.1 Å². The van der Waals surface area contributed by atoms with Gasteiger partial charge in [-0.3, -0.25) is 0 Å². The molecule has 0 aliphatic rings. The van der Waals surface area contributed by atoms with Gasteiger partial charge >= 0.3 is 0 Å². The van der Waals surface area contributed by atoms with Crippen LogP contribution < -0.4 is 0 Å². The minimum absolute atomic E-state index is 0. The van der Waals surface area contributed by atoms with Crippen molar-refractivity contribution < 1.29 is 21.1 Å². The van der Waals surface area contributed by atoms with Crippen LogP contribution in [0.25, 0.3) is 0 Å². The Labute approximate surface area is 79.4 Å². The standard InChI is InChI=1S/C9H17.W/c1-3-5-7-9-8-6-4-2;/h5,7H,1,3-4,6,8-9H2,2H3;/q-1;/b7-5+;. The molecule has 0 aromatic rings. The van der Waals surface area contributed by atoms with Crippen LogP contribution in [0.1, 0.15) is 39.0 Å². The van der Waals surface area contributed by atoms with Crippen molar-refractivity contribution in [3.05, 3.63) is 19.1 Å². The summed E-state index contributed by atoms with van der Waals surface area (Å²) < 4.78 is 0. The molecule has 0 amide bonds. The van der Waals surface area contributed by atoms with E-state index in [0.717, 1.165) is 6.42 Å². The molecule has 0 heterocycles. The summed E-state index contributed by atoms with van der Waals surface area (Å²) in [5.74, 6) is 0. The van der Waals surface area contributed by atoms with Gasteiger partial charge in [0.2, 0.25) is 0 Å². The van der Waals surface area contributed by atoms with Crippen molar-refractivity contribution in [3.63, 3.8) is 0 Å². The maximum absolute atomic E-state index is 3.72. The molecule has 10 heavy (non-hydrogen) atoms. The minimum atomic E-state index is 0. The largest absolute Gasteiger partial charge is 0.340 e. The first-order valence-electron chi connectivity index (χ1n) is 3.86. The van der Waals surface area contributed by atoms with Crippen LogP contribution in [-0.4, -0.2) is 0 Å². The van der Waals surface area contributed by atoms with Crippen molar-refractivity contribution in [2.45, 2.75) is 39.0 Å². The predicted octanol–water partition coefficient (Wildman–Crippen LogP) is 3.34. The van der Waals surface area contributed by atoms with Crippen molar-refractivity contribution in [3.8, 4) is 0 Å². The second-order valence-corrected chi connectivity index (χ2v) is 2.26. The Kier molecular flexibility index (Phi) is 15.8. The monoisotopic (exact) mass is 309 g/mol. The van der Waals surface area contributed by atoms with E-state index in [0.29, 0.717) is 0 Å². The fourth-order valence-electron chi connectivity index (χ4n) is 0.748. The molecule has 0 saturated heterocycles. The third-order valence-electron chi connectivity index (χ3n) is 1.31. The van der Waals surface area contributed by atoms with Gasteiger partial charge in [0.25, 0.3) is 0 Å². The average Bonchev–Trinajstić information content (AvgIpc) is 1.89. The molecular weight excluding hydrogens is 292 g/mol. The topological polar surface area (TPSA) is 0 Å². The molecule has 0 unspecified atom stereocenters. The predicted molar refractivity (Wildman–Crippen MR) is 43.3 cm³/mol. The fraction of sp³-hybridized carbons (Fsp3) is 0.667. The third-order valence-corrected chi connectivity index (χ3v) is 1.31. The van der Waals surface area contributed by atoms with E-state index in [4.69, 9.17) is 0 Å². The van der Waals surface area contributed by atoms with Crippen LogP contribution >= 0.6 is 0 Å². The Bertz CT molecular complexity index is 67.1. The van der Waals surface area contributed by atoms with Crippen molar-refractivity contribution in [2.24, 2.45) is 0 Å². The summed E-state index contributed by atoms with van der Waals surface area (Å²) in [4.78, 5) is 0. The van der Waals surface area contributed by atoms with E-state index in [1.54, 1.807) is 0 Å². The molecular formula is C9H17W-. The van der Waals surface area contributed by atoms with E-state index >= 15 is 0 Å². The molecule has 1 heteroatoms. The van der Waals surface area contributed by atoms with E-state index in [-0.39, 0.29) is 21.1 Å². The molecule has 0 spiro atoms. The Morgan fingerprint density at radius 1 is 1.20 bits per heavy atom. The van der Waals surface area contributed by atoms with Gasteiger partial charge in [0.15, 0.2) is 0 Å². The smallest absolute Gasteiger partial charge is 0 e. The molecule has 0 atom stereocenters. The van der Waals surface area contributed by atoms with Crippen molar-refractivity contribution >= 4 is 0 Å². The second-order valence-electron chi connectivity index (χ2n) is 2.26. The Morgan fingerprint density at radius 3 is 2.40 bits per heavy atom. The van der Waals surface area contributed by atoms with Crippen LogP contribution in [0.5, 0.6) is 0 Å². The van der Waals surface area contributed by atoms with Crippen molar-refractivity contribution in [1.82, 2.24) is 0 Å². The van der Waals surface area contributed by atoms with E-state index < -0.39 is 0 Å². The zero-order valence-corrected chi connectivity index (χ0v) is 9.74. The van der Waals surface area contributed by atoms with E-state index in [2.05, 4.69) is 26.0 Å². The van der Waals surface area contributed by atoms with Gasteiger partial charge < -0.3 is 6.92 Å². The number of allylic oxidation sites excluding steroid dienone is 2. The number of hydrogen-bond donors (Lipinski definition) is 0. The van der Waals surface area contributed by atoms with Crippen LogP contribution in [-0.2, 0) is 21.1 Å². The molecule has 0 rings (SSSR count). The molecule has 60 valence electrons. The summed E-state index contributed by atoms with van der Waals surface area (Å²) in [6.45, 7) is 5.94. The Hall–Kier alpha value is 0.428. The second kappa shape index (κ2) is 12.1. The van der Waals surface area contributed by atoms with Gasteiger partial charge in [0.1, 0.15) is 0 Å². The normalized spacial score (nSPS) is 9.80. The van der Waals surface area contributed by atoms with E-state index in [1.165, 1.54) is 25.7 Å². The molecule has 0 aliphatic heterocycles. The van der Waals surface area contributed by atoms with Crippen LogP contribution in [0.2, 0.25) is 0 Å². The fourth-order valence-corrected chi connectivity index (χ4v) is 0.748. The maximum atomic E-state index is 3.72. The van der Waals surface area contributed by atoms with Gasteiger partial charge in [-0.1, -0.05) is 25.8 Å². The Balaban J connectivity index is 0. The summed E-state index contributed by atoms with van der Waals surface area (Å²) in [5, 5.41) is 0. The van der Waals surface area contributed by atoms with Crippen LogP contribution in [0.4, 0.5) is 0 Å². The molecule has 0 radical (unpaired) electrons. The van der Waals surface area contributed by atoms with Crippen molar-refractivity contribution in [2.75, 3.05) is 0 Å². The van der Waals surface area contributed by atoms with Gasteiger partial charge in [-0.25, -0.2) is 0 Å². The van der Waals surface area contributed by atoms with Gasteiger partial charge in [-0.05, 0) is 12.8 Å². The van der Waals surface area contributed by atoms with Crippen LogP contribution in [0.15, 0.2) is 12.2 Å². The van der Waals surface area contributed by atoms with Crippen LogP contribution in [0.3, 0.4) is 0 Å². The summed E-state index contributed by atoms with van der Waals surface area (Å²) in [5.41, 5.74) is 0. The molecule has 0 aromatic carbocycles. The molecule has 0 N–H and O–H groups in total. The first kappa shape index (κ1) is 13.0. The quantitative estimate of drug-likeness (QED) is 0.415. The maximum Gasteiger partial charge on any atom is 0 e. The van der Waals surface area contributed by atoms with Crippen molar-refractivity contribution in [1.29, 1.82) is 0 Å². The first-order chi connectivity index (χ1) is 4.41. The molecule has 0 aromatic heterocycles. The van der Waals surface area contributed by atoms with E-state index in [1.807, 2.05) is 0 Å². The van der Waals surface area contributed by atoms with Crippen LogP contribution in [0, 0.1) is 6.92 Å². The number of rotatable bonds is 5. The Morgan fingerprint density at radius 2 is 1.90 bits per heavy atom. The first-order valence-corrected chi connectivity index (χ1v) is 3.86. The molecule has 0 saturated carbocycles. The van der Waals surface area contributed by atoms with Gasteiger partial charge in [0.05, 0.1) is 0 Å². The molecule has 0 fully saturated rings. The molecule has 0 nitrogen and oxygen atoms in total. The summed E-state index contributed by atoms with van der Waals surface area (Å²) in [7, 11) is 0. The van der Waals surface area contributed by atoms with Gasteiger partial charge in [-0.15, -0.1) is 6.08 Å². The average molecular weight is 309 g/mol. The number of unbranched alkanes of at least 4 members (excludes halogenated alkanes) is 3. The summed E-state index contributed by atoms with van der Waals surface area (Å²) in [6.07, 6.45) is 10.6. The summed E-state index contributed by atoms with van der Waals surface area (Å²) in [6, 6.07) is 0.